The van der Waals surface area contributed by atoms with Crippen LogP contribution in [0.5, 0.6) is 0 Å². The fourth-order valence-electron chi connectivity index (χ4n) is 3.17. The quantitative estimate of drug-likeness (QED) is 0.515. The number of nitrogens with zero attached hydrogens (tertiary/aromatic N) is 3. The van der Waals surface area contributed by atoms with Gasteiger partial charge in [-0.25, -0.2) is 0 Å². The van der Waals surface area contributed by atoms with Crippen LogP contribution in [0.25, 0.3) is 0 Å². The van der Waals surface area contributed by atoms with E-state index in [4.69, 9.17) is 0 Å². The molecular weight excluding hydrogens is 372 g/mol. The van der Waals surface area contributed by atoms with E-state index in [9.17, 15) is 9.59 Å². The monoisotopic (exact) mass is 392 g/mol. The molecule has 0 bridgehead atoms. The molecule has 0 aliphatic carbocycles. The summed E-state index contributed by atoms with van der Waals surface area (Å²) in [4.78, 5) is 24.1. The first kappa shape index (κ1) is 18.4. The minimum absolute atomic E-state index is 0.0238. The molecule has 2 heterocycles. The van der Waals surface area contributed by atoms with Gasteiger partial charge >= 0.3 is 0 Å². The fourth-order valence-corrected chi connectivity index (χ4v) is 4.00. The number of thioether (sulfide) groups is 1. The van der Waals surface area contributed by atoms with Crippen molar-refractivity contribution in [2.45, 2.75) is 24.4 Å². The van der Waals surface area contributed by atoms with Gasteiger partial charge in [0, 0.05) is 31.1 Å². The van der Waals surface area contributed by atoms with Crippen LogP contribution < -0.4 is 5.32 Å². The maximum atomic E-state index is 12.6. The van der Waals surface area contributed by atoms with Crippen LogP contribution in [0.15, 0.2) is 53.7 Å². The highest BCUT2D eigenvalue weighted by Gasteiger charge is 2.18. The Bertz CT molecular complexity index is 1030. The topological polar surface area (TPSA) is 76.9 Å². The second-order valence-electron chi connectivity index (χ2n) is 6.75. The van der Waals surface area contributed by atoms with Crippen molar-refractivity contribution in [2.75, 3.05) is 11.1 Å². The van der Waals surface area contributed by atoms with Gasteiger partial charge in [-0.15, -0.1) is 10.2 Å². The number of hydrogen-bond acceptors (Lipinski definition) is 5. The molecule has 6 nitrogen and oxygen atoms in total. The highest BCUT2D eigenvalue weighted by atomic mass is 32.2. The molecule has 0 atom stereocenters. The number of anilines is 1. The number of aryl methyl sites for hydroxylation is 1. The number of carbonyl (C=O) groups is 2. The number of aromatic nitrogens is 3. The van der Waals surface area contributed by atoms with Gasteiger partial charge in [-0.05, 0) is 35.7 Å². The minimum atomic E-state index is 0.0238. The van der Waals surface area contributed by atoms with E-state index in [1.54, 1.807) is 6.07 Å². The second-order valence-corrected chi connectivity index (χ2v) is 7.69. The summed E-state index contributed by atoms with van der Waals surface area (Å²) in [6, 6.07) is 15.6. The predicted octanol–water partition coefficient (Wildman–Crippen LogP) is 3.27. The minimum Gasteiger partial charge on any atom is -0.326 e. The maximum absolute atomic E-state index is 12.6. The molecule has 0 spiro atoms. The Balaban J connectivity index is 1.41. The van der Waals surface area contributed by atoms with Crippen LogP contribution in [0, 0.1) is 0 Å². The zero-order valence-electron chi connectivity index (χ0n) is 15.5. The SMILES string of the molecule is Cn1c(Cc2ccccc2)nnc1SCC(=O)c1ccc2c(c1)CCC(=O)N2. The van der Waals surface area contributed by atoms with Crippen LogP contribution in [0.3, 0.4) is 0 Å². The number of amides is 1. The molecule has 4 rings (SSSR count). The van der Waals surface area contributed by atoms with Crippen LogP contribution in [-0.4, -0.2) is 32.2 Å². The van der Waals surface area contributed by atoms with Crippen LogP contribution in [0.2, 0.25) is 0 Å². The summed E-state index contributed by atoms with van der Waals surface area (Å²) >= 11 is 1.39. The Morgan fingerprint density at radius 1 is 1.14 bits per heavy atom. The fraction of sp³-hybridized carbons (Fsp3) is 0.238. The Morgan fingerprint density at radius 3 is 2.79 bits per heavy atom. The summed E-state index contributed by atoms with van der Waals surface area (Å²) in [5.74, 6) is 1.22. The number of nitrogens with one attached hydrogen (secondary N) is 1. The summed E-state index contributed by atoms with van der Waals surface area (Å²) in [5, 5.41) is 12.1. The summed E-state index contributed by atoms with van der Waals surface area (Å²) in [5.41, 5.74) is 3.65. The molecule has 1 aliphatic heterocycles. The van der Waals surface area contributed by atoms with E-state index in [0.29, 0.717) is 30.6 Å². The molecule has 1 aliphatic rings. The average molecular weight is 392 g/mol. The van der Waals surface area contributed by atoms with Gasteiger partial charge in [-0.3, -0.25) is 9.59 Å². The number of hydrogen-bond donors (Lipinski definition) is 1. The lowest BCUT2D eigenvalue weighted by molar-refractivity contribution is -0.116. The van der Waals surface area contributed by atoms with E-state index < -0.39 is 0 Å². The molecule has 0 radical (unpaired) electrons. The van der Waals surface area contributed by atoms with Gasteiger partial charge in [-0.1, -0.05) is 42.1 Å². The summed E-state index contributed by atoms with van der Waals surface area (Å²) in [6.45, 7) is 0. The van der Waals surface area contributed by atoms with Crippen LogP contribution in [0.1, 0.15) is 33.7 Å². The number of ketones is 1. The standard InChI is InChI=1S/C21H20N4O2S/c1-25-19(11-14-5-3-2-4-6-14)23-24-21(25)28-13-18(26)16-7-9-17-15(12-16)8-10-20(27)22-17/h2-7,9,12H,8,10-11,13H2,1H3,(H,22,27). The zero-order valence-corrected chi connectivity index (χ0v) is 16.3. The van der Waals surface area contributed by atoms with Gasteiger partial charge in [0.05, 0.1) is 5.75 Å². The Hall–Kier alpha value is -2.93. The average Bonchev–Trinajstić information content (AvgIpc) is 3.06. The van der Waals surface area contributed by atoms with Gasteiger partial charge in [0.25, 0.3) is 0 Å². The van der Waals surface area contributed by atoms with Gasteiger partial charge < -0.3 is 9.88 Å². The third-order valence-electron chi connectivity index (χ3n) is 4.79. The molecule has 1 aromatic heterocycles. The number of benzene rings is 2. The molecule has 142 valence electrons. The van der Waals surface area contributed by atoms with E-state index in [-0.39, 0.29) is 11.7 Å². The molecule has 0 saturated carbocycles. The van der Waals surface area contributed by atoms with Gasteiger partial charge in [0.1, 0.15) is 5.82 Å². The first-order valence-electron chi connectivity index (χ1n) is 9.11. The lowest BCUT2D eigenvalue weighted by Gasteiger charge is -2.17. The molecule has 0 unspecified atom stereocenters. The third-order valence-corrected chi connectivity index (χ3v) is 5.81. The Kier molecular flexibility index (Phi) is 5.25. The normalized spacial score (nSPS) is 13.1. The number of rotatable bonds is 6. The molecule has 1 N–H and O–H groups in total. The first-order chi connectivity index (χ1) is 13.6. The van der Waals surface area contributed by atoms with Crippen molar-refractivity contribution in [3.05, 3.63) is 71.0 Å². The van der Waals surface area contributed by atoms with Gasteiger partial charge in [0.15, 0.2) is 10.9 Å². The van der Waals surface area contributed by atoms with E-state index in [0.717, 1.165) is 22.2 Å². The highest BCUT2D eigenvalue weighted by Crippen LogP contribution is 2.25. The van der Waals surface area contributed by atoms with E-state index in [2.05, 4.69) is 27.6 Å². The summed E-state index contributed by atoms with van der Waals surface area (Å²) in [6.07, 6.45) is 1.83. The van der Waals surface area contributed by atoms with Crippen LogP contribution >= 0.6 is 11.8 Å². The van der Waals surface area contributed by atoms with Crippen molar-refractivity contribution in [2.24, 2.45) is 7.05 Å². The molecule has 0 fully saturated rings. The van der Waals surface area contributed by atoms with Crippen molar-refractivity contribution < 1.29 is 9.59 Å². The maximum Gasteiger partial charge on any atom is 0.224 e. The molecule has 28 heavy (non-hydrogen) atoms. The van der Waals surface area contributed by atoms with Gasteiger partial charge in [0.2, 0.25) is 5.91 Å². The van der Waals surface area contributed by atoms with Crippen LogP contribution in [-0.2, 0) is 24.7 Å². The highest BCUT2D eigenvalue weighted by molar-refractivity contribution is 7.99. The van der Waals surface area contributed by atoms with Crippen molar-refractivity contribution in [1.82, 2.24) is 14.8 Å². The van der Waals surface area contributed by atoms with Crippen molar-refractivity contribution in [3.63, 3.8) is 0 Å². The molecule has 0 saturated heterocycles. The van der Waals surface area contributed by atoms with Crippen molar-refractivity contribution >= 4 is 29.1 Å². The smallest absolute Gasteiger partial charge is 0.224 e. The lowest BCUT2D eigenvalue weighted by atomic mass is 9.99. The number of Topliss-reactive ketones (excluding diaryl/α,β-unsaturated/α-hetero) is 1. The summed E-state index contributed by atoms with van der Waals surface area (Å²) in [7, 11) is 1.92. The second kappa shape index (κ2) is 7.98. The number of fused-ring (bicyclic) bond motifs is 1. The lowest BCUT2D eigenvalue weighted by Crippen LogP contribution is -2.19. The van der Waals surface area contributed by atoms with E-state index in [1.807, 2.05) is 41.9 Å². The molecule has 7 heteroatoms. The Labute approximate surface area is 167 Å². The van der Waals surface area contributed by atoms with E-state index >= 15 is 0 Å². The summed E-state index contributed by atoms with van der Waals surface area (Å²) < 4.78 is 1.94. The predicted molar refractivity (Wildman–Crippen MR) is 109 cm³/mol. The molecular formula is C21H20N4O2S. The number of carbonyl (C=O) groups excluding carboxylic acids is 2. The Morgan fingerprint density at radius 2 is 1.96 bits per heavy atom. The van der Waals surface area contributed by atoms with E-state index in [1.165, 1.54) is 17.3 Å². The molecule has 1 amide bonds. The third kappa shape index (κ3) is 3.99. The van der Waals surface area contributed by atoms with Gasteiger partial charge in [-0.2, -0.15) is 0 Å². The first-order valence-corrected chi connectivity index (χ1v) is 10.1. The molecule has 2 aromatic carbocycles. The zero-order chi connectivity index (χ0) is 19.5. The largest absolute Gasteiger partial charge is 0.326 e. The van der Waals surface area contributed by atoms with Crippen LogP contribution in [0.4, 0.5) is 5.69 Å². The molecule has 3 aromatic rings. The van der Waals surface area contributed by atoms with Crippen molar-refractivity contribution in [1.29, 1.82) is 0 Å². The van der Waals surface area contributed by atoms with Crippen molar-refractivity contribution in [3.8, 4) is 0 Å².